The van der Waals surface area contributed by atoms with Crippen LogP contribution in [0.2, 0.25) is 0 Å². The predicted octanol–water partition coefficient (Wildman–Crippen LogP) is 4.31. The summed E-state index contributed by atoms with van der Waals surface area (Å²) in [6.07, 6.45) is 11.1. The Balaban J connectivity index is 4.10. The highest BCUT2D eigenvalue weighted by Crippen LogP contribution is 2.24. The van der Waals surface area contributed by atoms with E-state index in [2.05, 4.69) is 13.8 Å². The number of carboxylic acid groups (broad SMARTS) is 1. The summed E-state index contributed by atoms with van der Waals surface area (Å²) in [5, 5.41) is 9.49. The maximum Gasteiger partial charge on any atom is 0.362 e. The van der Waals surface area contributed by atoms with Gasteiger partial charge in [-0.3, -0.25) is 0 Å². The largest absolute Gasteiger partial charge is 0.477 e. The fourth-order valence-electron chi connectivity index (χ4n) is 3.11. The highest BCUT2D eigenvalue weighted by Gasteiger charge is 2.37. The van der Waals surface area contributed by atoms with Gasteiger partial charge in [0.05, 0.1) is 21.1 Å². The van der Waals surface area contributed by atoms with Gasteiger partial charge in [0.2, 0.25) is 0 Å². The van der Waals surface area contributed by atoms with Crippen LogP contribution in [0.3, 0.4) is 0 Å². The Kier molecular flexibility index (Phi) is 9.91. The van der Waals surface area contributed by atoms with E-state index in [0.717, 1.165) is 12.8 Å². The SMILES string of the molecule is CCCCCCCCCC(CC)C(C(=O)O)[N+](C)(C)C. The van der Waals surface area contributed by atoms with Gasteiger partial charge in [-0.15, -0.1) is 0 Å². The van der Waals surface area contributed by atoms with E-state index in [4.69, 9.17) is 0 Å². The maximum absolute atomic E-state index is 11.5. The number of aliphatic carboxylic acids is 1. The zero-order chi connectivity index (χ0) is 15.6. The van der Waals surface area contributed by atoms with Crippen molar-refractivity contribution >= 4 is 5.97 Å². The molecule has 0 aromatic carbocycles. The van der Waals surface area contributed by atoms with E-state index < -0.39 is 5.97 Å². The summed E-state index contributed by atoms with van der Waals surface area (Å²) in [6.45, 7) is 4.36. The fourth-order valence-corrected chi connectivity index (χ4v) is 3.11. The van der Waals surface area contributed by atoms with Gasteiger partial charge >= 0.3 is 5.97 Å². The van der Waals surface area contributed by atoms with Crippen molar-refractivity contribution in [1.29, 1.82) is 0 Å². The van der Waals surface area contributed by atoms with Crippen LogP contribution in [0.1, 0.15) is 71.6 Å². The van der Waals surface area contributed by atoms with Crippen LogP contribution < -0.4 is 0 Å². The Bertz CT molecular complexity index is 258. The molecule has 0 aliphatic rings. The summed E-state index contributed by atoms with van der Waals surface area (Å²) in [4.78, 5) is 11.5. The van der Waals surface area contributed by atoms with E-state index >= 15 is 0 Å². The van der Waals surface area contributed by atoms with Crippen LogP contribution >= 0.6 is 0 Å². The quantitative estimate of drug-likeness (QED) is 0.429. The number of hydrogen-bond acceptors (Lipinski definition) is 1. The molecule has 3 heteroatoms. The van der Waals surface area contributed by atoms with Crippen molar-refractivity contribution in [2.75, 3.05) is 21.1 Å². The van der Waals surface area contributed by atoms with Crippen LogP contribution in [0.5, 0.6) is 0 Å². The fraction of sp³-hybridized carbons (Fsp3) is 0.941. The Morgan fingerprint density at radius 2 is 1.45 bits per heavy atom. The number of carbonyl (C=O) groups is 1. The molecule has 0 bridgehead atoms. The lowest BCUT2D eigenvalue weighted by Gasteiger charge is -2.36. The van der Waals surface area contributed by atoms with Gasteiger partial charge in [0, 0.05) is 5.92 Å². The first kappa shape index (κ1) is 19.4. The first-order valence-electron chi connectivity index (χ1n) is 8.38. The lowest BCUT2D eigenvalue weighted by Crippen LogP contribution is -2.53. The average molecular weight is 286 g/mol. The van der Waals surface area contributed by atoms with Gasteiger partial charge in [-0.25, -0.2) is 4.79 Å². The molecular weight excluding hydrogens is 250 g/mol. The molecule has 120 valence electrons. The van der Waals surface area contributed by atoms with Gasteiger partial charge in [-0.2, -0.15) is 0 Å². The van der Waals surface area contributed by atoms with Crippen LogP contribution in [-0.4, -0.2) is 42.7 Å². The van der Waals surface area contributed by atoms with Crippen LogP contribution in [0.25, 0.3) is 0 Å². The van der Waals surface area contributed by atoms with Crippen LogP contribution in [0.15, 0.2) is 0 Å². The molecule has 0 saturated heterocycles. The van der Waals surface area contributed by atoms with Crippen molar-refractivity contribution in [3.05, 3.63) is 0 Å². The van der Waals surface area contributed by atoms with E-state index in [1.807, 2.05) is 21.1 Å². The third-order valence-electron chi connectivity index (χ3n) is 4.24. The lowest BCUT2D eigenvalue weighted by atomic mass is 9.89. The molecule has 2 atom stereocenters. The van der Waals surface area contributed by atoms with Crippen LogP contribution in [0.4, 0.5) is 0 Å². The van der Waals surface area contributed by atoms with Crippen molar-refractivity contribution < 1.29 is 14.4 Å². The molecule has 0 rings (SSSR count). The second-order valence-electron chi connectivity index (χ2n) is 6.98. The maximum atomic E-state index is 11.5. The van der Waals surface area contributed by atoms with Crippen molar-refractivity contribution in [3.8, 4) is 0 Å². The van der Waals surface area contributed by atoms with Gasteiger partial charge in [0.25, 0.3) is 0 Å². The second kappa shape index (κ2) is 10.2. The van der Waals surface area contributed by atoms with E-state index in [9.17, 15) is 9.90 Å². The third kappa shape index (κ3) is 7.88. The molecule has 0 spiro atoms. The zero-order valence-electron chi connectivity index (χ0n) is 14.3. The minimum atomic E-state index is -0.646. The molecule has 0 aromatic heterocycles. The Morgan fingerprint density at radius 1 is 0.950 bits per heavy atom. The van der Waals surface area contributed by atoms with Gasteiger partial charge in [-0.1, -0.05) is 58.8 Å². The zero-order valence-corrected chi connectivity index (χ0v) is 14.3. The molecule has 0 fully saturated rings. The Hall–Kier alpha value is -0.570. The molecule has 0 radical (unpaired) electrons. The Morgan fingerprint density at radius 3 is 1.85 bits per heavy atom. The Labute approximate surface area is 126 Å². The number of likely N-dealkylation sites (N-methyl/N-ethyl adjacent to an activating group) is 1. The summed E-state index contributed by atoms with van der Waals surface area (Å²) in [5.41, 5.74) is 0. The molecule has 20 heavy (non-hydrogen) atoms. The third-order valence-corrected chi connectivity index (χ3v) is 4.24. The van der Waals surface area contributed by atoms with E-state index in [1.165, 1.54) is 44.9 Å². The first-order valence-corrected chi connectivity index (χ1v) is 8.38. The normalized spacial score (nSPS) is 15.1. The van der Waals surface area contributed by atoms with Gasteiger partial charge in [0.15, 0.2) is 6.04 Å². The van der Waals surface area contributed by atoms with Crippen LogP contribution in [0, 0.1) is 5.92 Å². The minimum absolute atomic E-state index is 0.278. The van der Waals surface area contributed by atoms with E-state index in [1.54, 1.807) is 0 Å². The highest BCUT2D eigenvalue weighted by atomic mass is 16.4. The molecule has 1 N–H and O–H groups in total. The topological polar surface area (TPSA) is 37.3 Å². The minimum Gasteiger partial charge on any atom is -0.477 e. The van der Waals surface area contributed by atoms with Crippen molar-refractivity contribution in [1.82, 2.24) is 0 Å². The molecule has 2 unspecified atom stereocenters. The van der Waals surface area contributed by atoms with E-state index in [0.29, 0.717) is 10.4 Å². The summed E-state index contributed by atoms with van der Waals surface area (Å²) < 4.78 is 0.518. The van der Waals surface area contributed by atoms with Crippen molar-refractivity contribution in [2.24, 2.45) is 5.92 Å². The summed E-state index contributed by atoms with van der Waals surface area (Å²) in [6, 6.07) is -0.278. The summed E-state index contributed by atoms with van der Waals surface area (Å²) in [7, 11) is 5.98. The number of rotatable bonds is 12. The monoisotopic (exact) mass is 286 g/mol. The standard InChI is InChI=1S/C17H35NO2/c1-6-8-9-10-11-12-13-14-15(7-2)16(17(19)20)18(3,4)5/h15-16H,6-14H2,1-5H3/p+1. The smallest absolute Gasteiger partial charge is 0.362 e. The second-order valence-corrected chi connectivity index (χ2v) is 6.98. The van der Waals surface area contributed by atoms with E-state index in [-0.39, 0.29) is 6.04 Å². The highest BCUT2D eigenvalue weighted by molar-refractivity contribution is 5.72. The predicted molar refractivity (Wildman–Crippen MR) is 85.8 cm³/mol. The van der Waals surface area contributed by atoms with Crippen molar-refractivity contribution in [3.63, 3.8) is 0 Å². The summed E-state index contributed by atoms with van der Waals surface area (Å²) in [5.74, 6) is -0.351. The first-order chi connectivity index (χ1) is 9.34. The molecule has 0 aromatic rings. The number of hydrogen-bond donors (Lipinski definition) is 1. The molecular formula is C17H36NO2+. The van der Waals surface area contributed by atoms with Gasteiger partial charge < -0.3 is 9.59 Å². The van der Waals surface area contributed by atoms with Gasteiger partial charge in [-0.05, 0) is 12.8 Å². The molecule has 0 aliphatic heterocycles. The number of unbranched alkanes of at least 4 members (excludes halogenated alkanes) is 6. The van der Waals surface area contributed by atoms with Crippen molar-refractivity contribution in [2.45, 2.75) is 77.7 Å². The number of carboxylic acids is 1. The molecule has 0 saturated carbocycles. The number of nitrogens with zero attached hydrogens (tertiary/aromatic N) is 1. The average Bonchev–Trinajstić information content (AvgIpc) is 2.33. The van der Waals surface area contributed by atoms with Gasteiger partial charge in [0.1, 0.15) is 0 Å². The summed E-state index contributed by atoms with van der Waals surface area (Å²) >= 11 is 0. The lowest BCUT2D eigenvalue weighted by molar-refractivity contribution is -0.891. The van der Waals surface area contributed by atoms with Crippen LogP contribution in [-0.2, 0) is 4.79 Å². The molecule has 0 amide bonds. The number of quaternary nitrogens is 1. The molecule has 3 nitrogen and oxygen atoms in total. The molecule has 0 aliphatic carbocycles. The molecule has 0 heterocycles.